The number of nitrogens with two attached hydrogens (primary N) is 1. The lowest BCUT2D eigenvalue weighted by Crippen LogP contribution is -2.47. The van der Waals surface area contributed by atoms with Crippen molar-refractivity contribution in [2.75, 3.05) is 12.3 Å². The lowest BCUT2D eigenvalue weighted by molar-refractivity contribution is -0.140. The summed E-state index contributed by atoms with van der Waals surface area (Å²) in [6.45, 7) is 0.357. The Labute approximate surface area is 209 Å². The van der Waals surface area contributed by atoms with Crippen LogP contribution in [0.25, 0.3) is 0 Å². The molecule has 2 heterocycles. The molecule has 2 aromatic rings. The first-order valence-corrected chi connectivity index (χ1v) is 13.1. The van der Waals surface area contributed by atoms with Crippen LogP contribution in [0.4, 0.5) is 14.6 Å². The third-order valence-electron chi connectivity index (χ3n) is 5.13. The standard InChI is InChI=1S/C20H24F2N5O7PS/c1-11(28)24-13(9-12-5-3-2-4-6-12)17(30)26-35(32,36)33-10-14-16(29)20(21,22)18(34-14)27-8-7-15(23)25-19(27)31/h2-8,13-14,16,18,29H,9-10H2,1H3,(H,24,28)(H2,23,25,31)(H2,26,30,32,36)/t13?,14-,16-,18-,35?/m1/s1. The number of anilines is 1. The van der Waals surface area contributed by atoms with Gasteiger partial charge in [0, 0.05) is 19.5 Å². The number of aliphatic hydroxyl groups excluding tert-OH is 1. The highest BCUT2D eigenvalue weighted by Crippen LogP contribution is 2.50. The number of halogens is 2. The maximum atomic E-state index is 14.6. The molecule has 6 N–H and O–H groups in total. The molecule has 36 heavy (non-hydrogen) atoms. The molecule has 1 aliphatic heterocycles. The van der Waals surface area contributed by atoms with E-state index in [9.17, 15) is 33.2 Å². The van der Waals surface area contributed by atoms with Crippen molar-refractivity contribution in [3.05, 3.63) is 58.6 Å². The Bertz CT molecular complexity index is 1160. The van der Waals surface area contributed by atoms with E-state index in [0.29, 0.717) is 10.1 Å². The summed E-state index contributed by atoms with van der Waals surface area (Å²) < 4.78 is 40.0. The van der Waals surface area contributed by atoms with E-state index in [0.717, 1.165) is 12.3 Å². The highest BCUT2D eigenvalue weighted by Gasteiger charge is 2.60. The summed E-state index contributed by atoms with van der Waals surface area (Å²) in [5.41, 5.74) is 4.94. The Hall–Kier alpha value is -2.68. The number of carbonyl (C=O) groups excluding carboxylic acids is 2. The molecule has 2 unspecified atom stereocenters. The van der Waals surface area contributed by atoms with E-state index < -0.39 is 61.6 Å². The van der Waals surface area contributed by atoms with Gasteiger partial charge in [-0.3, -0.25) is 14.2 Å². The number of hydrogen-bond donors (Lipinski definition) is 5. The number of benzene rings is 1. The van der Waals surface area contributed by atoms with Crippen LogP contribution >= 0.6 is 7.07 Å². The van der Waals surface area contributed by atoms with Gasteiger partial charge >= 0.3 is 11.6 Å². The van der Waals surface area contributed by atoms with Gasteiger partial charge in [0.1, 0.15) is 24.6 Å². The van der Waals surface area contributed by atoms with Gasteiger partial charge in [0.2, 0.25) is 19.2 Å². The van der Waals surface area contributed by atoms with Gasteiger partial charge in [0.25, 0.3) is 5.91 Å². The van der Waals surface area contributed by atoms with Gasteiger partial charge in [-0.2, -0.15) is 18.9 Å². The molecule has 1 aromatic carbocycles. The van der Waals surface area contributed by atoms with Crippen molar-refractivity contribution in [2.24, 2.45) is 0 Å². The number of aromatic nitrogens is 2. The molecule has 0 saturated carbocycles. The predicted molar refractivity (Wildman–Crippen MR) is 126 cm³/mol. The van der Waals surface area contributed by atoms with Gasteiger partial charge in [-0.25, -0.2) is 14.2 Å². The SMILES string of the molecule is CC(=O)NC(Cc1ccccc1)C(=O)N[P+](O)([S-])OC[C@H]1O[C@@H](n2ccc(N)nc2=O)C(F)(F)[C@@H]1O. The summed E-state index contributed by atoms with van der Waals surface area (Å²) in [6.07, 6.45) is -5.39. The first kappa shape index (κ1) is 27.9. The van der Waals surface area contributed by atoms with Crippen LogP contribution in [0, 0.1) is 0 Å². The maximum absolute atomic E-state index is 14.6. The van der Waals surface area contributed by atoms with Crippen LogP contribution in [-0.2, 0) is 37.5 Å². The van der Waals surface area contributed by atoms with Crippen LogP contribution in [-0.4, -0.2) is 62.1 Å². The van der Waals surface area contributed by atoms with E-state index in [2.05, 4.69) is 15.4 Å². The van der Waals surface area contributed by atoms with Crippen molar-refractivity contribution in [2.45, 2.75) is 43.7 Å². The fraction of sp³-hybridized carbons (Fsp3) is 0.400. The molecule has 1 saturated heterocycles. The minimum atomic E-state index is -4.13. The lowest BCUT2D eigenvalue weighted by atomic mass is 10.1. The zero-order chi connectivity index (χ0) is 26.7. The molecule has 3 rings (SSSR count). The number of nitrogens with zero attached hydrogens (tertiary/aromatic N) is 2. The number of rotatable bonds is 9. The second-order valence-electron chi connectivity index (χ2n) is 7.92. The van der Waals surface area contributed by atoms with Gasteiger partial charge in [-0.15, -0.1) is 0 Å². The first-order valence-electron chi connectivity index (χ1n) is 10.5. The quantitative estimate of drug-likeness (QED) is 0.209. The first-order chi connectivity index (χ1) is 16.8. The second-order valence-corrected chi connectivity index (χ2v) is 10.9. The van der Waals surface area contributed by atoms with Gasteiger partial charge in [-0.05, 0) is 11.6 Å². The molecule has 1 fully saturated rings. The fourth-order valence-electron chi connectivity index (χ4n) is 3.44. The molecule has 0 radical (unpaired) electrons. The van der Waals surface area contributed by atoms with E-state index in [1.54, 1.807) is 30.3 Å². The number of ether oxygens (including phenoxy) is 1. The zero-order valence-electron chi connectivity index (χ0n) is 18.8. The minimum absolute atomic E-state index is 0.0737. The molecule has 0 bridgehead atoms. The normalized spacial score (nSPS) is 23.4. The Morgan fingerprint density at radius 2 is 2.03 bits per heavy atom. The molecular formula is C20H24F2N5O7PS. The molecule has 1 aliphatic rings. The molecule has 0 spiro atoms. The van der Waals surface area contributed by atoms with Gasteiger partial charge < -0.3 is 33.1 Å². The minimum Gasteiger partial charge on any atom is -0.467 e. The van der Waals surface area contributed by atoms with Crippen LogP contribution in [0.2, 0.25) is 0 Å². The number of nitrogens with one attached hydrogen (secondary N) is 2. The second kappa shape index (κ2) is 11.2. The zero-order valence-corrected chi connectivity index (χ0v) is 20.5. The molecule has 16 heteroatoms. The Balaban J connectivity index is 1.66. The third kappa shape index (κ3) is 6.75. The monoisotopic (exact) mass is 547 g/mol. The van der Waals surface area contributed by atoms with E-state index in [4.69, 9.17) is 27.2 Å². The number of carbonyl (C=O) groups is 2. The number of nitrogen functional groups attached to an aromatic ring is 1. The number of hydrogen-bond acceptors (Lipinski definition) is 10. The van der Waals surface area contributed by atoms with Crippen molar-refractivity contribution < 1.29 is 37.6 Å². The van der Waals surface area contributed by atoms with Crippen molar-refractivity contribution in [3.8, 4) is 0 Å². The van der Waals surface area contributed by atoms with Crippen LogP contribution in [0.5, 0.6) is 0 Å². The topological polar surface area (TPSA) is 178 Å². The summed E-state index contributed by atoms with van der Waals surface area (Å²) in [5, 5.41) is 14.6. The van der Waals surface area contributed by atoms with Crippen molar-refractivity contribution >= 4 is 36.9 Å². The average Bonchev–Trinajstić information content (AvgIpc) is 3.01. The largest absolute Gasteiger partial charge is 0.467 e. The van der Waals surface area contributed by atoms with E-state index in [1.165, 1.54) is 6.92 Å². The summed E-state index contributed by atoms with van der Waals surface area (Å²) >= 11 is 4.90. The summed E-state index contributed by atoms with van der Waals surface area (Å²) in [5.74, 6) is -5.51. The van der Waals surface area contributed by atoms with Gasteiger partial charge in [-0.1, -0.05) is 30.3 Å². The highest BCUT2D eigenvalue weighted by molar-refractivity contribution is 8.37. The molecule has 12 nitrogen and oxygen atoms in total. The Morgan fingerprint density at radius 1 is 1.36 bits per heavy atom. The van der Waals surface area contributed by atoms with Gasteiger partial charge in [0.15, 0.2) is 6.10 Å². The number of aliphatic hydroxyl groups is 1. The van der Waals surface area contributed by atoms with Crippen molar-refractivity contribution in [1.82, 2.24) is 20.0 Å². The van der Waals surface area contributed by atoms with Crippen LogP contribution in [0.3, 0.4) is 0 Å². The van der Waals surface area contributed by atoms with E-state index in [-0.39, 0.29) is 12.2 Å². The number of alkyl halides is 2. The Kier molecular flexibility index (Phi) is 8.64. The highest BCUT2D eigenvalue weighted by atomic mass is 32.7. The maximum Gasteiger partial charge on any atom is 0.351 e. The molecule has 1 aromatic heterocycles. The number of amides is 2. The predicted octanol–water partition coefficient (Wildman–Crippen LogP) is -0.184. The van der Waals surface area contributed by atoms with Crippen molar-refractivity contribution in [3.63, 3.8) is 0 Å². The van der Waals surface area contributed by atoms with Gasteiger partial charge in [0.05, 0.1) is 0 Å². The fourth-order valence-corrected chi connectivity index (χ4v) is 4.74. The van der Waals surface area contributed by atoms with Crippen LogP contribution in [0.15, 0.2) is 47.4 Å². The molecule has 0 aliphatic carbocycles. The smallest absolute Gasteiger partial charge is 0.351 e. The molecular weight excluding hydrogens is 523 g/mol. The third-order valence-corrected chi connectivity index (χ3v) is 6.72. The summed E-state index contributed by atoms with van der Waals surface area (Å²) in [7, 11) is -4.13. The summed E-state index contributed by atoms with van der Waals surface area (Å²) in [4.78, 5) is 50.0. The van der Waals surface area contributed by atoms with Crippen molar-refractivity contribution in [1.29, 1.82) is 0 Å². The van der Waals surface area contributed by atoms with E-state index >= 15 is 0 Å². The lowest BCUT2D eigenvalue weighted by Gasteiger charge is -2.27. The van der Waals surface area contributed by atoms with Crippen LogP contribution in [0.1, 0.15) is 18.7 Å². The summed E-state index contributed by atoms with van der Waals surface area (Å²) in [6, 6.07) is 8.68. The molecule has 5 atom stereocenters. The average molecular weight is 547 g/mol. The molecule has 196 valence electrons. The Morgan fingerprint density at radius 3 is 2.64 bits per heavy atom. The van der Waals surface area contributed by atoms with E-state index in [1.807, 2.05) is 0 Å². The van der Waals surface area contributed by atoms with Crippen LogP contribution < -0.4 is 21.8 Å². The molecule has 2 amide bonds.